The van der Waals surface area contributed by atoms with Crippen molar-refractivity contribution >= 4 is 11.4 Å². The van der Waals surface area contributed by atoms with Crippen LogP contribution in [-0.2, 0) is 0 Å². The minimum Gasteiger partial charge on any atom is -0.344 e. The van der Waals surface area contributed by atoms with Crippen LogP contribution in [0.4, 0.5) is 11.4 Å². The van der Waals surface area contributed by atoms with Crippen molar-refractivity contribution in [2.45, 2.75) is 69.2 Å². The van der Waals surface area contributed by atoms with Gasteiger partial charge in [-0.15, -0.1) is 0 Å². The Balaban J connectivity index is 2.84. The van der Waals surface area contributed by atoms with Gasteiger partial charge in [0, 0.05) is 18.4 Å². The molecule has 1 heteroatoms. The van der Waals surface area contributed by atoms with E-state index in [4.69, 9.17) is 0 Å². The first-order valence-corrected chi connectivity index (χ1v) is 8.89. The van der Waals surface area contributed by atoms with Crippen LogP contribution in [0.25, 0.3) is 0 Å². The number of benzene rings is 2. The smallest absolute Gasteiger partial charge is 0.0473 e. The van der Waals surface area contributed by atoms with Crippen molar-refractivity contribution in [2.75, 3.05) is 11.9 Å². The second-order valence-corrected chi connectivity index (χ2v) is 7.51. The SMILES string of the molecule is Cc1c(C)c(C)c(N(C)c2c(C)c(C)c(C)c(C)c2C)c(C)c1C. The third-order valence-electron chi connectivity index (χ3n) is 6.59. The van der Waals surface area contributed by atoms with Gasteiger partial charge < -0.3 is 4.90 Å². The van der Waals surface area contributed by atoms with E-state index in [9.17, 15) is 0 Å². The van der Waals surface area contributed by atoms with Crippen LogP contribution < -0.4 is 4.90 Å². The van der Waals surface area contributed by atoms with Crippen molar-refractivity contribution in [3.63, 3.8) is 0 Å². The molecular weight excluding hydrogens is 290 g/mol. The molecule has 0 aliphatic heterocycles. The highest BCUT2D eigenvalue weighted by molar-refractivity contribution is 5.78. The van der Waals surface area contributed by atoms with E-state index < -0.39 is 0 Å². The van der Waals surface area contributed by atoms with Crippen molar-refractivity contribution in [2.24, 2.45) is 0 Å². The lowest BCUT2D eigenvalue weighted by Gasteiger charge is -2.31. The monoisotopic (exact) mass is 323 g/mol. The zero-order chi connectivity index (χ0) is 18.5. The zero-order valence-electron chi connectivity index (χ0n) is 17.4. The lowest BCUT2D eigenvalue weighted by Crippen LogP contribution is -2.18. The van der Waals surface area contributed by atoms with Gasteiger partial charge in [0.1, 0.15) is 0 Å². The molecule has 0 saturated heterocycles. The largest absolute Gasteiger partial charge is 0.344 e. The zero-order valence-corrected chi connectivity index (χ0v) is 17.4. The van der Waals surface area contributed by atoms with Crippen LogP contribution in [0.2, 0.25) is 0 Å². The Labute approximate surface area is 148 Å². The predicted octanol–water partition coefficient (Wildman–Crippen LogP) is 6.54. The fourth-order valence-corrected chi connectivity index (χ4v) is 4.08. The Kier molecular flexibility index (Phi) is 4.86. The van der Waals surface area contributed by atoms with Crippen LogP contribution in [0.3, 0.4) is 0 Å². The van der Waals surface area contributed by atoms with E-state index in [1.807, 2.05) is 0 Å². The van der Waals surface area contributed by atoms with Gasteiger partial charge in [-0.2, -0.15) is 0 Å². The summed E-state index contributed by atoms with van der Waals surface area (Å²) in [7, 11) is 2.23. The van der Waals surface area contributed by atoms with Crippen molar-refractivity contribution < 1.29 is 0 Å². The first kappa shape index (κ1) is 18.6. The van der Waals surface area contributed by atoms with Crippen LogP contribution in [0.5, 0.6) is 0 Å². The lowest BCUT2D eigenvalue weighted by molar-refractivity contribution is 1.06. The molecule has 0 radical (unpaired) electrons. The van der Waals surface area contributed by atoms with Crippen molar-refractivity contribution in [3.05, 3.63) is 55.6 Å². The topological polar surface area (TPSA) is 3.24 Å². The maximum absolute atomic E-state index is 2.42. The molecule has 2 rings (SSSR count). The molecule has 0 aromatic heterocycles. The summed E-state index contributed by atoms with van der Waals surface area (Å²) in [5, 5.41) is 0. The molecule has 0 aliphatic carbocycles. The Morgan fingerprint density at radius 3 is 0.708 bits per heavy atom. The lowest BCUT2D eigenvalue weighted by atomic mass is 9.89. The van der Waals surface area contributed by atoms with Crippen molar-refractivity contribution in [1.29, 1.82) is 0 Å². The van der Waals surface area contributed by atoms with E-state index in [-0.39, 0.29) is 0 Å². The van der Waals surface area contributed by atoms with Crippen LogP contribution in [-0.4, -0.2) is 7.05 Å². The van der Waals surface area contributed by atoms with Gasteiger partial charge >= 0.3 is 0 Å². The maximum atomic E-state index is 2.42. The molecule has 0 spiro atoms. The van der Waals surface area contributed by atoms with Gasteiger partial charge in [0.15, 0.2) is 0 Å². The number of hydrogen-bond donors (Lipinski definition) is 0. The molecule has 2 aromatic carbocycles. The standard InChI is InChI=1S/C23H33N/c1-12-14(3)18(7)22(19(8)15(12)4)24(11)23-20(9)16(5)13(2)17(6)21(23)10/h1-11H3. The molecule has 0 aliphatic rings. The summed E-state index contributed by atoms with van der Waals surface area (Å²) in [6, 6.07) is 0. The van der Waals surface area contributed by atoms with Gasteiger partial charge in [-0.05, 0) is 125 Å². The summed E-state index contributed by atoms with van der Waals surface area (Å²) in [6.07, 6.45) is 0. The van der Waals surface area contributed by atoms with Crippen LogP contribution >= 0.6 is 0 Å². The van der Waals surface area contributed by atoms with Gasteiger partial charge in [-0.1, -0.05) is 0 Å². The fraction of sp³-hybridized carbons (Fsp3) is 0.478. The summed E-state index contributed by atoms with van der Waals surface area (Å²) in [5.41, 5.74) is 16.8. The Hall–Kier alpha value is -1.76. The molecule has 0 atom stereocenters. The van der Waals surface area contributed by atoms with E-state index in [1.165, 1.54) is 67.0 Å². The highest BCUT2D eigenvalue weighted by atomic mass is 15.1. The fourth-order valence-electron chi connectivity index (χ4n) is 4.08. The van der Waals surface area contributed by atoms with Crippen molar-refractivity contribution in [3.8, 4) is 0 Å². The van der Waals surface area contributed by atoms with Crippen LogP contribution in [0, 0.1) is 69.2 Å². The second-order valence-electron chi connectivity index (χ2n) is 7.51. The number of rotatable bonds is 2. The second kappa shape index (κ2) is 6.27. The maximum Gasteiger partial charge on any atom is 0.0473 e. The van der Waals surface area contributed by atoms with Crippen LogP contribution in [0.1, 0.15) is 55.6 Å². The number of anilines is 2. The third kappa shape index (κ3) is 2.55. The minimum absolute atomic E-state index is 1.37. The van der Waals surface area contributed by atoms with Crippen molar-refractivity contribution in [1.82, 2.24) is 0 Å². The highest BCUT2D eigenvalue weighted by Crippen LogP contribution is 2.40. The van der Waals surface area contributed by atoms with Gasteiger partial charge in [-0.3, -0.25) is 0 Å². The number of nitrogens with zero attached hydrogens (tertiary/aromatic N) is 1. The Bertz CT molecular complexity index is 697. The van der Waals surface area contributed by atoms with Crippen LogP contribution in [0.15, 0.2) is 0 Å². The Morgan fingerprint density at radius 2 is 0.500 bits per heavy atom. The van der Waals surface area contributed by atoms with Gasteiger partial charge in [0.25, 0.3) is 0 Å². The van der Waals surface area contributed by atoms with Gasteiger partial charge in [-0.25, -0.2) is 0 Å². The minimum atomic E-state index is 1.37. The average molecular weight is 324 g/mol. The molecule has 0 bridgehead atoms. The third-order valence-corrected chi connectivity index (χ3v) is 6.59. The Morgan fingerprint density at radius 1 is 0.333 bits per heavy atom. The van der Waals surface area contributed by atoms with E-state index in [0.717, 1.165) is 0 Å². The van der Waals surface area contributed by atoms with E-state index in [0.29, 0.717) is 0 Å². The molecular formula is C23H33N. The summed E-state index contributed by atoms with van der Waals surface area (Å²) in [4.78, 5) is 2.42. The molecule has 0 unspecified atom stereocenters. The summed E-state index contributed by atoms with van der Waals surface area (Å²) >= 11 is 0. The van der Waals surface area contributed by atoms with Gasteiger partial charge in [0.2, 0.25) is 0 Å². The molecule has 24 heavy (non-hydrogen) atoms. The number of hydrogen-bond acceptors (Lipinski definition) is 1. The molecule has 130 valence electrons. The normalized spacial score (nSPS) is 11.1. The van der Waals surface area contributed by atoms with E-state index in [1.54, 1.807) is 0 Å². The van der Waals surface area contributed by atoms with E-state index in [2.05, 4.69) is 81.2 Å². The average Bonchev–Trinajstić information content (AvgIpc) is 2.55. The summed E-state index contributed by atoms with van der Waals surface area (Å²) < 4.78 is 0. The molecule has 0 heterocycles. The molecule has 0 N–H and O–H groups in total. The predicted molar refractivity (Wildman–Crippen MR) is 108 cm³/mol. The summed E-state index contributed by atoms with van der Waals surface area (Å²) in [5.74, 6) is 0. The molecule has 0 amide bonds. The molecule has 0 fully saturated rings. The van der Waals surface area contributed by atoms with Gasteiger partial charge in [0.05, 0.1) is 0 Å². The highest BCUT2D eigenvalue weighted by Gasteiger charge is 2.21. The summed E-state index contributed by atoms with van der Waals surface area (Å²) in [6.45, 7) is 22.5. The molecule has 2 aromatic rings. The molecule has 0 saturated carbocycles. The quantitative estimate of drug-likeness (QED) is 0.606. The first-order chi connectivity index (χ1) is 11.0. The van der Waals surface area contributed by atoms with E-state index >= 15 is 0 Å². The first-order valence-electron chi connectivity index (χ1n) is 8.89. The molecule has 1 nitrogen and oxygen atoms in total.